The number of piperidine rings is 2. The summed E-state index contributed by atoms with van der Waals surface area (Å²) in [5, 5.41) is 0. The second kappa shape index (κ2) is 8.99. The van der Waals surface area contributed by atoms with Crippen LogP contribution in [0.4, 0.5) is 22.7 Å². The molecule has 2 saturated heterocycles. The van der Waals surface area contributed by atoms with E-state index in [4.69, 9.17) is 11.5 Å². The Hall–Kier alpha value is -1.40. The maximum Gasteiger partial charge on any atom is 0.0462 e. The molecule has 0 amide bonds. The van der Waals surface area contributed by atoms with Crippen LogP contribution in [0, 0.1) is 25.7 Å². The molecule has 0 unspecified atom stereocenters. The summed E-state index contributed by atoms with van der Waals surface area (Å²) in [6.45, 7) is 8.90. The average molecular weight is 536 g/mol. The summed E-state index contributed by atoms with van der Waals surface area (Å²) in [6, 6.07) is 8.40. The molecule has 0 saturated carbocycles. The lowest BCUT2D eigenvalue weighted by Crippen LogP contribution is -2.41. The molecule has 2 aliphatic heterocycles. The van der Waals surface area contributed by atoms with E-state index in [2.05, 4.69) is 67.6 Å². The molecular formula is C24H32Br2N4. The zero-order valence-electron chi connectivity index (χ0n) is 17.9. The maximum atomic E-state index is 6.04. The highest BCUT2D eigenvalue weighted by Crippen LogP contribution is 2.39. The van der Waals surface area contributed by atoms with E-state index in [0.717, 1.165) is 58.3 Å². The summed E-state index contributed by atoms with van der Waals surface area (Å²) >= 11 is 7.29. The Morgan fingerprint density at radius 1 is 0.667 bits per heavy atom. The van der Waals surface area contributed by atoms with Gasteiger partial charge in [-0.25, -0.2) is 0 Å². The molecule has 0 spiro atoms. The molecule has 4 nitrogen and oxygen atoms in total. The van der Waals surface area contributed by atoms with Gasteiger partial charge >= 0.3 is 0 Å². The number of benzene rings is 2. The summed E-state index contributed by atoms with van der Waals surface area (Å²) < 4.78 is 2.08. The molecule has 30 heavy (non-hydrogen) atoms. The van der Waals surface area contributed by atoms with Crippen molar-refractivity contribution in [2.75, 3.05) is 47.4 Å². The van der Waals surface area contributed by atoms with E-state index in [9.17, 15) is 0 Å². The number of nitrogens with two attached hydrogens (primary N) is 2. The third-order valence-corrected chi connectivity index (χ3v) is 9.31. The zero-order chi connectivity index (χ0) is 21.4. The monoisotopic (exact) mass is 534 g/mol. The summed E-state index contributed by atoms with van der Waals surface area (Å²) in [5.74, 6) is 1.69. The van der Waals surface area contributed by atoms with Crippen molar-refractivity contribution in [3.8, 4) is 0 Å². The van der Waals surface area contributed by atoms with Gasteiger partial charge in [-0.15, -0.1) is 0 Å². The molecule has 2 fully saturated rings. The first kappa shape index (κ1) is 21.8. The lowest BCUT2D eigenvalue weighted by Gasteiger charge is -2.42. The molecule has 2 aromatic carbocycles. The normalized spacial score (nSPS) is 18.8. The van der Waals surface area contributed by atoms with Crippen molar-refractivity contribution in [1.29, 1.82) is 0 Å². The minimum atomic E-state index is 0.821. The van der Waals surface area contributed by atoms with E-state index >= 15 is 0 Å². The number of hydrogen-bond donors (Lipinski definition) is 2. The molecule has 6 heteroatoms. The second-order valence-electron chi connectivity index (χ2n) is 8.87. The fourth-order valence-corrected chi connectivity index (χ4v) is 5.97. The van der Waals surface area contributed by atoms with E-state index < -0.39 is 0 Å². The van der Waals surface area contributed by atoms with E-state index in [0.29, 0.717) is 0 Å². The van der Waals surface area contributed by atoms with E-state index in [1.807, 2.05) is 12.1 Å². The van der Waals surface area contributed by atoms with Crippen LogP contribution in [0.5, 0.6) is 0 Å². The Morgan fingerprint density at radius 3 is 1.33 bits per heavy atom. The molecule has 2 aliphatic rings. The molecule has 0 aliphatic carbocycles. The summed E-state index contributed by atoms with van der Waals surface area (Å²) in [5.41, 5.74) is 18.9. The average Bonchev–Trinajstić information content (AvgIpc) is 2.77. The topological polar surface area (TPSA) is 58.5 Å². The molecule has 0 radical (unpaired) electrons. The Bertz CT molecular complexity index is 838. The van der Waals surface area contributed by atoms with Crippen molar-refractivity contribution in [1.82, 2.24) is 0 Å². The summed E-state index contributed by atoms with van der Waals surface area (Å²) in [7, 11) is 0. The Labute approximate surface area is 197 Å². The van der Waals surface area contributed by atoms with Crippen LogP contribution in [-0.2, 0) is 0 Å². The number of nitrogen functional groups attached to an aromatic ring is 2. The van der Waals surface area contributed by atoms with Crippen LogP contribution in [0.1, 0.15) is 36.8 Å². The van der Waals surface area contributed by atoms with Crippen molar-refractivity contribution in [3.63, 3.8) is 0 Å². The number of halogens is 2. The predicted octanol–water partition coefficient (Wildman–Crippen LogP) is 6.13. The van der Waals surface area contributed by atoms with Gasteiger partial charge in [0.15, 0.2) is 0 Å². The minimum absolute atomic E-state index is 0.821. The molecular weight excluding hydrogens is 504 g/mol. The predicted molar refractivity (Wildman–Crippen MR) is 136 cm³/mol. The fourth-order valence-electron chi connectivity index (χ4n) is 5.30. The molecule has 4 N–H and O–H groups in total. The lowest BCUT2D eigenvalue weighted by molar-refractivity contribution is 0.233. The largest absolute Gasteiger partial charge is 0.398 e. The first-order valence-corrected chi connectivity index (χ1v) is 12.5. The van der Waals surface area contributed by atoms with Gasteiger partial charge in [-0.3, -0.25) is 0 Å². The molecule has 2 aromatic rings. The zero-order valence-corrected chi connectivity index (χ0v) is 21.1. The van der Waals surface area contributed by atoms with Gasteiger partial charge in [0.25, 0.3) is 0 Å². The van der Waals surface area contributed by atoms with Crippen LogP contribution in [0.15, 0.2) is 33.2 Å². The van der Waals surface area contributed by atoms with Crippen LogP contribution in [0.2, 0.25) is 0 Å². The van der Waals surface area contributed by atoms with Gasteiger partial charge in [0.05, 0.1) is 0 Å². The third kappa shape index (κ3) is 4.18. The van der Waals surface area contributed by atoms with Crippen LogP contribution < -0.4 is 21.3 Å². The van der Waals surface area contributed by atoms with Crippen LogP contribution >= 0.6 is 31.9 Å². The standard InChI is InChI=1S/C24H32Br2N4/c1-15-21(5-3-19(27)23(15)25)29-11-7-17(8-12-29)18-9-13-30(14-10-18)22-6-4-20(28)24(26)16(22)2/h3-6,17-18H,7-14,27-28H2,1-2H3. The van der Waals surface area contributed by atoms with Crippen molar-refractivity contribution < 1.29 is 0 Å². The van der Waals surface area contributed by atoms with E-state index in [1.54, 1.807) is 0 Å². The first-order valence-electron chi connectivity index (χ1n) is 11.0. The van der Waals surface area contributed by atoms with Crippen molar-refractivity contribution in [2.45, 2.75) is 39.5 Å². The van der Waals surface area contributed by atoms with Gasteiger partial charge in [0.1, 0.15) is 0 Å². The van der Waals surface area contributed by atoms with Gasteiger partial charge in [0.2, 0.25) is 0 Å². The SMILES string of the molecule is Cc1c(N2CCC(C3CCN(c4ccc(N)c(Br)c4C)CC3)CC2)ccc(N)c1Br. The molecule has 2 heterocycles. The second-order valence-corrected chi connectivity index (χ2v) is 10.5. The van der Waals surface area contributed by atoms with E-state index in [1.165, 1.54) is 48.2 Å². The Morgan fingerprint density at radius 2 is 1.00 bits per heavy atom. The van der Waals surface area contributed by atoms with Crippen LogP contribution in [0.25, 0.3) is 0 Å². The lowest BCUT2D eigenvalue weighted by atomic mass is 9.78. The van der Waals surface area contributed by atoms with Gasteiger partial charge in [0, 0.05) is 57.9 Å². The third-order valence-electron chi connectivity index (χ3n) is 7.20. The van der Waals surface area contributed by atoms with Crippen molar-refractivity contribution >= 4 is 54.6 Å². The number of hydrogen-bond acceptors (Lipinski definition) is 4. The fraction of sp³-hybridized carbons (Fsp3) is 0.500. The molecule has 0 bridgehead atoms. The molecule has 162 valence electrons. The quantitative estimate of drug-likeness (QED) is 0.464. The smallest absolute Gasteiger partial charge is 0.0462 e. The van der Waals surface area contributed by atoms with Gasteiger partial charge in [-0.1, -0.05) is 0 Å². The van der Waals surface area contributed by atoms with E-state index in [-0.39, 0.29) is 0 Å². The number of rotatable bonds is 3. The number of nitrogens with zero attached hydrogens (tertiary/aromatic N) is 2. The Kier molecular flexibility index (Phi) is 6.54. The summed E-state index contributed by atoms with van der Waals surface area (Å²) in [6.07, 6.45) is 5.16. The highest BCUT2D eigenvalue weighted by Gasteiger charge is 2.30. The number of anilines is 4. The highest BCUT2D eigenvalue weighted by atomic mass is 79.9. The molecule has 4 rings (SSSR count). The molecule has 0 aromatic heterocycles. The summed E-state index contributed by atoms with van der Waals surface area (Å²) in [4.78, 5) is 5.08. The van der Waals surface area contributed by atoms with Gasteiger partial charge in [-0.2, -0.15) is 0 Å². The highest BCUT2D eigenvalue weighted by molar-refractivity contribution is 9.11. The van der Waals surface area contributed by atoms with Gasteiger partial charge in [-0.05, 0) is 119 Å². The van der Waals surface area contributed by atoms with Crippen LogP contribution in [-0.4, -0.2) is 26.2 Å². The molecule has 0 atom stereocenters. The Balaban J connectivity index is 1.34. The minimum Gasteiger partial charge on any atom is -0.398 e. The van der Waals surface area contributed by atoms with Gasteiger partial charge < -0.3 is 21.3 Å². The van der Waals surface area contributed by atoms with Crippen LogP contribution in [0.3, 0.4) is 0 Å². The first-order chi connectivity index (χ1) is 14.4. The van der Waals surface area contributed by atoms with Crippen molar-refractivity contribution in [2.24, 2.45) is 11.8 Å². The van der Waals surface area contributed by atoms with Crippen molar-refractivity contribution in [3.05, 3.63) is 44.3 Å². The maximum absolute atomic E-state index is 6.04.